The number of halogens is 1. The van der Waals surface area contributed by atoms with Gasteiger partial charge in [0.2, 0.25) is 5.91 Å². The molecule has 7 nitrogen and oxygen atoms in total. The van der Waals surface area contributed by atoms with Crippen LogP contribution in [0.1, 0.15) is 58.1 Å². The number of hydrogen-bond acceptors (Lipinski definition) is 7. The van der Waals surface area contributed by atoms with E-state index < -0.39 is 0 Å². The van der Waals surface area contributed by atoms with E-state index in [4.69, 9.17) is 16.3 Å². The zero-order valence-corrected chi connectivity index (χ0v) is 21.1. The largest absolute Gasteiger partial charge is 0.484 e. The lowest BCUT2D eigenvalue weighted by atomic mass is 10.2. The van der Waals surface area contributed by atoms with E-state index >= 15 is 0 Å². The average molecular weight is 494 g/mol. The van der Waals surface area contributed by atoms with Gasteiger partial charge in [0, 0.05) is 30.6 Å². The molecule has 0 unspecified atom stereocenters. The van der Waals surface area contributed by atoms with Crippen LogP contribution in [0.2, 0.25) is 5.02 Å². The maximum absolute atomic E-state index is 11.8. The van der Waals surface area contributed by atoms with Crippen LogP contribution in [-0.4, -0.2) is 32.2 Å². The Kier molecular flexibility index (Phi) is 8.95. The predicted octanol–water partition coefficient (Wildman–Crippen LogP) is 5.99. The summed E-state index contributed by atoms with van der Waals surface area (Å²) in [5.74, 6) is 2.05. The molecule has 0 atom stereocenters. The standard InChI is InChI=1S/C22H28ClN5O2S2/c1-5-17(6-2)28-20(12-30-19-11-9-8-10-18(19)23)25-26-22(28)32-14-16-13-31-21(24-16)27(7-3)15(4)29/h8-11,13,17H,5-7,12,14H2,1-4H3. The van der Waals surface area contributed by atoms with Crippen molar-refractivity contribution in [2.24, 2.45) is 0 Å². The molecular formula is C22H28ClN5O2S2. The first-order valence-corrected chi connectivity index (χ1v) is 12.9. The molecular weight excluding hydrogens is 466 g/mol. The third kappa shape index (κ3) is 5.82. The van der Waals surface area contributed by atoms with Crippen molar-refractivity contribution in [1.29, 1.82) is 0 Å². The number of anilines is 1. The zero-order chi connectivity index (χ0) is 23.1. The Morgan fingerprint density at radius 2 is 2.00 bits per heavy atom. The van der Waals surface area contributed by atoms with Gasteiger partial charge < -0.3 is 9.30 Å². The molecule has 32 heavy (non-hydrogen) atoms. The number of aromatic nitrogens is 4. The first kappa shape index (κ1) is 24.5. The number of nitrogens with zero attached hydrogens (tertiary/aromatic N) is 5. The topological polar surface area (TPSA) is 73.1 Å². The highest BCUT2D eigenvalue weighted by Gasteiger charge is 2.20. The second-order valence-corrected chi connectivity index (χ2v) is 9.32. The van der Waals surface area contributed by atoms with Crippen molar-refractivity contribution < 1.29 is 9.53 Å². The van der Waals surface area contributed by atoms with Crippen molar-refractivity contribution in [2.75, 3.05) is 11.4 Å². The monoisotopic (exact) mass is 493 g/mol. The fourth-order valence-electron chi connectivity index (χ4n) is 3.35. The van der Waals surface area contributed by atoms with Crippen molar-refractivity contribution in [1.82, 2.24) is 19.7 Å². The van der Waals surface area contributed by atoms with Crippen LogP contribution in [0.5, 0.6) is 5.75 Å². The first-order valence-electron chi connectivity index (χ1n) is 10.6. The van der Waals surface area contributed by atoms with E-state index in [1.165, 1.54) is 11.3 Å². The Morgan fingerprint density at radius 1 is 1.25 bits per heavy atom. The molecule has 0 fully saturated rings. The van der Waals surface area contributed by atoms with E-state index in [0.717, 1.165) is 34.6 Å². The Hall–Kier alpha value is -2.10. The van der Waals surface area contributed by atoms with Crippen molar-refractivity contribution >= 4 is 45.7 Å². The molecule has 2 heterocycles. The van der Waals surface area contributed by atoms with E-state index in [1.807, 2.05) is 30.5 Å². The lowest BCUT2D eigenvalue weighted by Crippen LogP contribution is -2.27. The van der Waals surface area contributed by atoms with Gasteiger partial charge in [-0.1, -0.05) is 49.3 Å². The molecule has 0 saturated carbocycles. The van der Waals surface area contributed by atoms with Crippen LogP contribution in [0.25, 0.3) is 0 Å². The minimum atomic E-state index is -0.00214. The Morgan fingerprint density at radius 3 is 2.66 bits per heavy atom. The van der Waals surface area contributed by atoms with E-state index in [2.05, 4.69) is 33.6 Å². The zero-order valence-electron chi connectivity index (χ0n) is 18.7. The van der Waals surface area contributed by atoms with Gasteiger partial charge in [0.15, 0.2) is 16.1 Å². The van der Waals surface area contributed by atoms with E-state index in [1.54, 1.807) is 29.7 Å². The molecule has 0 bridgehead atoms. The van der Waals surface area contributed by atoms with Gasteiger partial charge in [-0.3, -0.25) is 9.69 Å². The summed E-state index contributed by atoms with van der Waals surface area (Å²) in [6.07, 6.45) is 1.93. The molecule has 0 aliphatic heterocycles. The third-order valence-corrected chi connectivity index (χ3v) is 7.25. The van der Waals surface area contributed by atoms with Crippen LogP contribution in [0.15, 0.2) is 34.8 Å². The van der Waals surface area contributed by atoms with Crippen LogP contribution < -0.4 is 9.64 Å². The summed E-state index contributed by atoms with van der Waals surface area (Å²) in [5.41, 5.74) is 0.919. The van der Waals surface area contributed by atoms with Gasteiger partial charge in [-0.15, -0.1) is 21.5 Å². The molecule has 0 spiro atoms. The number of benzene rings is 1. The molecule has 1 aromatic carbocycles. The number of amides is 1. The van der Waals surface area contributed by atoms with Crippen LogP contribution in [0.4, 0.5) is 5.13 Å². The van der Waals surface area contributed by atoms with Crippen LogP contribution in [0, 0.1) is 0 Å². The summed E-state index contributed by atoms with van der Waals surface area (Å²) in [6.45, 7) is 8.72. The number of thioether (sulfide) groups is 1. The number of carbonyl (C=O) groups excluding carboxylic acids is 1. The van der Waals surface area contributed by atoms with Crippen LogP contribution >= 0.6 is 34.7 Å². The number of para-hydroxylation sites is 1. The van der Waals surface area contributed by atoms with Crippen molar-refractivity contribution in [2.45, 2.75) is 64.1 Å². The Balaban J connectivity index is 1.76. The molecule has 0 aliphatic rings. The van der Waals surface area contributed by atoms with Gasteiger partial charge in [-0.05, 0) is 31.9 Å². The van der Waals surface area contributed by atoms with Gasteiger partial charge in [-0.2, -0.15) is 0 Å². The van der Waals surface area contributed by atoms with Gasteiger partial charge >= 0.3 is 0 Å². The highest BCUT2D eigenvalue weighted by atomic mass is 35.5. The van der Waals surface area contributed by atoms with Crippen LogP contribution in [0.3, 0.4) is 0 Å². The number of thiazole rings is 1. The highest BCUT2D eigenvalue weighted by Crippen LogP contribution is 2.31. The summed E-state index contributed by atoms with van der Waals surface area (Å²) in [6, 6.07) is 7.68. The average Bonchev–Trinajstić information content (AvgIpc) is 3.40. The van der Waals surface area contributed by atoms with Gasteiger partial charge in [-0.25, -0.2) is 4.98 Å². The fourth-order valence-corrected chi connectivity index (χ4v) is 5.49. The molecule has 0 aliphatic carbocycles. The molecule has 0 N–H and O–H groups in total. The SMILES string of the molecule is CCC(CC)n1c(COc2ccccc2Cl)nnc1SCc1csc(N(CC)C(C)=O)n1. The molecule has 10 heteroatoms. The molecule has 0 radical (unpaired) electrons. The number of rotatable bonds is 11. The Labute approximate surface area is 202 Å². The number of hydrogen-bond donors (Lipinski definition) is 0. The van der Waals surface area contributed by atoms with Gasteiger partial charge in [0.1, 0.15) is 12.4 Å². The van der Waals surface area contributed by atoms with Crippen LogP contribution in [-0.2, 0) is 17.2 Å². The minimum absolute atomic E-state index is 0.00214. The van der Waals surface area contributed by atoms with Gasteiger partial charge in [0.25, 0.3) is 0 Å². The number of ether oxygens (including phenoxy) is 1. The Bertz CT molecular complexity index is 1040. The van der Waals surface area contributed by atoms with E-state index in [0.29, 0.717) is 29.7 Å². The van der Waals surface area contributed by atoms with E-state index in [-0.39, 0.29) is 11.9 Å². The van der Waals surface area contributed by atoms with Crippen molar-refractivity contribution in [3.8, 4) is 5.75 Å². The quantitative estimate of drug-likeness (QED) is 0.305. The summed E-state index contributed by atoms with van der Waals surface area (Å²) in [4.78, 5) is 18.1. The van der Waals surface area contributed by atoms with E-state index in [9.17, 15) is 4.79 Å². The van der Waals surface area contributed by atoms with Crippen molar-refractivity contribution in [3.63, 3.8) is 0 Å². The first-order chi connectivity index (χ1) is 15.5. The summed E-state index contributed by atoms with van der Waals surface area (Å²) in [5, 5.41) is 13.0. The third-order valence-electron chi connectivity index (χ3n) is 5.05. The predicted molar refractivity (Wildman–Crippen MR) is 131 cm³/mol. The second-order valence-electron chi connectivity index (χ2n) is 7.13. The highest BCUT2D eigenvalue weighted by molar-refractivity contribution is 7.98. The van der Waals surface area contributed by atoms with Crippen molar-refractivity contribution in [3.05, 3.63) is 46.2 Å². The smallest absolute Gasteiger partial charge is 0.225 e. The summed E-state index contributed by atoms with van der Waals surface area (Å²) >= 11 is 9.30. The fraction of sp³-hybridized carbons (Fsp3) is 0.455. The molecule has 2 aromatic heterocycles. The lowest BCUT2D eigenvalue weighted by Gasteiger charge is -2.19. The lowest BCUT2D eigenvalue weighted by molar-refractivity contribution is -0.116. The molecule has 172 valence electrons. The molecule has 1 amide bonds. The normalized spacial score (nSPS) is 11.2. The minimum Gasteiger partial charge on any atom is -0.484 e. The van der Waals surface area contributed by atoms with Gasteiger partial charge in [0.05, 0.1) is 10.7 Å². The molecule has 3 rings (SSSR count). The summed E-state index contributed by atoms with van der Waals surface area (Å²) in [7, 11) is 0. The summed E-state index contributed by atoms with van der Waals surface area (Å²) < 4.78 is 8.10. The molecule has 3 aromatic rings. The maximum Gasteiger partial charge on any atom is 0.225 e. The second kappa shape index (κ2) is 11.7. The maximum atomic E-state index is 11.8. The molecule has 0 saturated heterocycles. The number of carbonyl (C=O) groups is 1.